The van der Waals surface area contributed by atoms with Gasteiger partial charge in [0.15, 0.2) is 0 Å². The van der Waals surface area contributed by atoms with Crippen LogP contribution in [0, 0.1) is 10.1 Å². The highest BCUT2D eigenvalue weighted by Gasteiger charge is 2.17. The first-order valence-electron chi connectivity index (χ1n) is 7.56. The number of ether oxygens (including phenoxy) is 1. The second-order valence-electron chi connectivity index (χ2n) is 5.20. The van der Waals surface area contributed by atoms with Crippen molar-refractivity contribution in [2.45, 2.75) is 6.42 Å². The number of carbonyl (C=O) groups is 2. The van der Waals surface area contributed by atoms with Crippen LogP contribution in [0.3, 0.4) is 0 Å². The summed E-state index contributed by atoms with van der Waals surface area (Å²) in [7, 11) is 1.36. The quantitative estimate of drug-likeness (QED) is 0.526. The Kier molecular flexibility index (Phi) is 6.67. The lowest BCUT2D eigenvalue weighted by Crippen LogP contribution is -2.28. The number of anilines is 1. The SMILES string of the molecule is COc1ccc([N+](=O)[O-])cc1C(=O)NCCC(=O)Nc1ccc(Br)cc1. The predicted octanol–water partition coefficient (Wildman–Crippen LogP) is 3.12. The summed E-state index contributed by atoms with van der Waals surface area (Å²) in [5.41, 5.74) is 0.462. The third-order valence-electron chi connectivity index (χ3n) is 3.40. The summed E-state index contributed by atoms with van der Waals surface area (Å²) in [6.45, 7) is 0.0764. The lowest BCUT2D eigenvalue weighted by atomic mass is 10.1. The monoisotopic (exact) mass is 421 g/mol. The van der Waals surface area contributed by atoms with Gasteiger partial charge in [0.05, 0.1) is 17.6 Å². The van der Waals surface area contributed by atoms with Crippen LogP contribution in [-0.4, -0.2) is 30.4 Å². The molecule has 0 aliphatic rings. The van der Waals surface area contributed by atoms with Crippen LogP contribution < -0.4 is 15.4 Å². The Morgan fingerprint density at radius 3 is 2.50 bits per heavy atom. The van der Waals surface area contributed by atoms with Gasteiger partial charge >= 0.3 is 0 Å². The normalized spacial score (nSPS) is 10.1. The first-order valence-corrected chi connectivity index (χ1v) is 8.36. The van der Waals surface area contributed by atoms with Gasteiger partial charge in [-0.15, -0.1) is 0 Å². The molecule has 0 atom stereocenters. The molecule has 0 bridgehead atoms. The molecule has 2 amide bonds. The van der Waals surface area contributed by atoms with Crippen molar-refractivity contribution >= 4 is 39.1 Å². The van der Waals surface area contributed by atoms with Gasteiger partial charge < -0.3 is 15.4 Å². The number of carbonyl (C=O) groups excluding carboxylic acids is 2. The summed E-state index contributed by atoms with van der Waals surface area (Å²) in [6.07, 6.45) is 0.0546. The van der Waals surface area contributed by atoms with Crippen molar-refractivity contribution in [2.24, 2.45) is 0 Å². The molecule has 0 radical (unpaired) electrons. The molecule has 0 saturated carbocycles. The van der Waals surface area contributed by atoms with Gasteiger partial charge in [0.25, 0.3) is 11.6 Å². The molecule has 0 fully saturated rings. The van der Waals surface area contributed by atoms with E-state index in [1.165, 1.54) is 19.2 Å². The fourth-order valence-corrected chi connectivity index (χ4v) is 2.39. The van der Waals surface area contributed by atoms with Crippen molar-refractivity contribution in [1.82, 2.24) is 5.32 Å². The third-order valence-corrected chi connectivity index (χ3v) is 3.93. The Bertz CT molecular complexity index is 824. The van der Waals surface area contributed by atoms with Crippen LogP contribution in [-0.2, 0) is 4.79 Å². The van der Waals surface area contributed by atoms with E-state index in [2.05, 4.69) is 26.6 Å². The van der Waals surface area contributed by atoms with Gasteiger partial charge in [-0.3, -0.25) is 19.7 Å². The summed E-state index contributed by atoms with van der Waals surface area (Å²) in [4.78, 5) is 34.4. The lowest BCUT2D eigenvalue weighted by molar-refractivity contribution is -0.384. The molecule has 2 aromatic rings. The molecule has 2 aromatic carbocycles. The molecule has 0 unspecified atom stereocenters. The van der Waals surface area contributed by atoms with Crippen LogP contribution in [0.5, 0.6) is 5.75 Å². The van der Waals surface area contributed by atoms with Crippen LogP contribution in [0.2, 0.25) is 0 Å². The maximum atomic E-state index is 12.2. The topological polar surface area (TPSA) is 111 Å². The number of benzene rings is 2. The molecule has 136 valence electrons. The van der Waals surface area contributed by atoms with E-state index >= 15 is 0 Å². The maximum Gasteiger partial charge on any atom is 0.270 e. The van der Waals surface area contributed by atoms with Gasteiger partial charge in [0.1, 0.15) is 5.75 Å². The van der Waals surface area contributed by atoms with E-state index in [0.717, 1.165) is 10.5 Å². The summed E-state index contributed by atoms with van der Waals surface area (Å²) in [5.74, 6) is -0.604. The lowest BCUT2D eigenvalue weighted by Gasteiger charge is -2.09. The summed E-state index contributed by atoms with van der Waals surface area (Å²) in [6, 6.07) is 10.8. The van der Waals surface area contributed by atoms with Gasteiger partial charge in [-0.05, 0) is 30.3 Å². The second kappa shape index (κ2) is 8.95. The second-order valence-corrected chi connectivity index (χ2v) is 6.12. The summed E-state index contributed by atoms with van der Waals surface area (Å²) in [5, 5.41) is 16.1. The van der Waals surface area contributed by atoms with E-state index in [0.29, 0.717) is 5.69 Å². The highest BCUT2D eigenvalue weighted by atomic mass is 79.9. The minimum atomic E-state index is -0.595. The van der Waals surface area contributed by atoms with Crippen LogP contribution >= 0.6 is 15.9 Å². The number of nitro benzene ring substituents is 1. The molecule has 2 rings (SSSR count). The van der Waals surface area contributed by atoms with E-state index in [-0.39, 0.29) is 35.9 Å². The first-order chi connectivity index (χ1) is 12.4. The van der Waals surface area contributed by atoms with Crippen molar-refractivity contribution in [1.29, 1.82) is 0 Å². The van der Waals surface area contributed by atoms with Crippen molar-refractivity contribution in [3.63, 3.8) is 0 Å². The van der Waals surface area contributed by atoms with Crippen molar-refractivity contribution in [2.75, 3.05) is 19.0 Å². The average molecular weight is 422 g/mol. The number of methoxy groups -OCH3 is 1. The Balaban J connectivity index is 1.92. The van der Waals surface area contributed by atoms with Crippen molar-refractivity contribution in [3.05, 3.63) is 62.6 Å². The summed E-state index contributed by atoms with van der Waals surface area (Å²) < 4.78 is 5.95. The van der Waals surface area contributed by atoms with Crippen LogP contribution in [0.1, 0.15) is 16.8 Å². The standard InChI is InChI=1S/C17H16BrN3O5/c1-26-15-7-6-13(21(24)25)10-14(15)17(23)19-9-8-16(22)20-12-4-2-11(18)3-5-12/h2-7,10H,8-9H2,1H3,(H,19,23)(H,20,22). The molecular formula is C17H16BrN3O5. The molecule has 0 aliphatic carbocycles. The molecule has 0 aliphatic heterocycles. The molecule has 0 saturated heterocycles. The molecule has 0 heterocycles. The Morgan fingerprint density at radius 2 is 1.88 bits per heavy atom. The number of nitrogens with zero attached hydrogens (tertiary/aromatic N) is 1. The zero-order valence-corrected chi connectivity index (χ0v) is 15.4. The Labute approximate surface area is 157 Å². The molecule has 2 N–H and O–H groups in total. The van der Waals surface area contributed by atoms with E-state index in [1.807, 2.05) is 0 Å². The molecule has 26 heavy (non-hydrogen) atoms. The molecule has 0 aromatic heterocycles. The minimum absolute atomic E-state index is 0.0371. The van der Waals surface area contributed by atoms with Crippen molar-refractivity contribution < 1.29 is 19.2 Å². The zero-order chi connectivity index (χ0) is 19.1. The largest absolute Gasteiger partial charge is 0.496 e. The molecule has 8 nitrogen and oxygen atoms in total. The fourth-order valence-electron chi connectivity index (χ4n) is 2.13. The van der Waals surface area contributed by atoms with Crippen LogP contribution in [0.15, 0.2) is 46.9 Å². The molecular weight excluding hydrogens is 406 g/mol. The van der Waals surface area contributed by atoms with Gasteiger partial charge in [-0.25, -0.2) is 0 Å². The van der Waals surface area contributed by atoms with Gasteiger partial charge in [0, 0.05) is 35.3 Å². The highest BCUT2D eigenvalue weighted by molar-refractivity contribution is 9.10. The highest BCUT2D eigenvalue weighted by Crippen LogP contribution is 2.23. The predicted molar refractivity (Wildman–Crippen MR) is 99.4 cm³/mol. The average Bonchev–Trinajstić information content (AvgIpc) is 2.62. The molecule has 9 heteroatoms. The Morgan fingerprint density at radius 1 is 1.19 bits per heavy atom. The van der Waals surface area contributed by atoms with E-state index in [9.17, 15) is 19.7 Å². The van der Waals surface area contributed by atoms with Crippen LogP contribution in [0.25, 0.3) is 0 Å². The number of amides is 2. The number of non-ortho nitro benzene ring substituents is 1. The fraction of sp³-hybridized carbons (Fsp3) is 0.176. The van der Waals surface area contributed by atoms with Crippen LogP contribution in [0.4, 0.5) is 11.4 Å². The van der Waals surface area contributed by atoms with Gasteiger partial charge in [-0.1, -0.05) is 15.9 Å². The van der Waals surface area contributed by atoms with Gasteiger partial charge in [0.2, 0.25) is 5.91 Å². The van der Waals surface area contributed by atoms with E-state index < -0.39 is 10.8 Å². The third kappa shape index (κ3) is 5.28. The maximum absolute atomic E-state index is 12.2. The first kappa shape index (κ1) is 19.4. The van der Waals surface area contributed by atoms with E-state index in [4.69, 9.17) is 4.74 Å². The number of nitrogens with one attached hydrogen (secondary N) is 2. The van der Waals surface area contributed by atoms with Crippen molar-refractivity contribution in [3.8, 4) is 5.75 Å². The molecule has 0 spiro atoms. The van der Waals surface area contributed by atoms with Gasteiger partial charge in [-0.2, -0.15) is 0 Å². The number of hydrogen-bond acceptors (Lipinski definition) is 5. The minimum Gasteiger partial charge on any atom is -0.496 e. The summed E-state index contributed by atoms with van der Waals surface area (Å²) >= 11 is 3.30. The van der Waals surface area contributed by atoms with E-state index in [1.54, 1.807) is 24.3 Å². The number of rotatable bonds is 7. The number of hydrogen-bond donors (Lipinski definition) is 2. The number of nitro groups is 1. The number of halogens is 1. The smallest absolute Gasteiger partial charge is 0.270 e. The zero-order valence-electron chi connectivity index (χ0n) is 13.8. The Hall–Kier alpha value is -2.94.